The van der Waals surface area contributed by atoms with Crippen LogP contribution in [0.2, 0.25) is 0 Å². The van der Waals surface area contributed by atoms with Gasteiger partial charge in [-0.15, -0.1) is 0 Å². The van der Waals surface area contributed by atoms with Gasteiger partial charge in [0.05, 0.1) is 6.04 Å². The smallest absolute Gasteiger partial charge is 0.116 e. The first kappa shape index (κ1) is 9.93. The Bertz CT molecular complexity index is 484. The number of rotatable bonds is 2. The molecule has 2 aromatic carbocycles. The molecule has 0 aliphatic carbocycles. The van der Waals surface area contributed by atoms with Crippen LogP contribution in [0.4, 0.5) is 4.39 Å². The van der Waals surface area contributed by atoms with E-state index in [-0.39, 0.29) is 5.75 Å². The third kappa shape index (κ3) is 1.92. The van der Waals surface area contributed by atoms with Crippen molar-refractivity contribution < 1.29 is 9.50 Å². The minimum absolute atomic E-state index is 0.227. The van der Waals surface area contributed by atoms with E-state index in [4.69, 9.17) is 5.73 Å². The van der Waals surface area contributed by atoms with Crippen molar-refractivity contribution in [3.63, 3.8) is 0 Å². The lowest BCUT2D eigenvalue weighted by atomic mass is 10.0. The third-order valence-corrected chi connectivity index (χ3v) is 2.44. The summed E-state index contributed by atoms with van der Waals surface area (Å²) in [4.78, 5) is 0. The van der Waals surface area contributed by atoms with Gasteiger partial charge in [-0.05, 0) is 34.5 Å². The van der Waals surface area contributed by atoms with Crippen molar-refractivity contribution in [2.45, 2.75) is 6.04 Å². The number of benzene rings is 2. The molecule has 0 spiro atoms. The Morgan fingerprint density at radius 3 is 2.53 bits per heavy atom. The van der Waals surface area contributed by atoms with E-state index in [1.54, 1.807) is 24.3 Å². The molecule has 0 amide bonds. The second-order valence-corrected chi connectivity index (χ2v) is 3.55. The van der Waals surface area contributed by atoms with Crippen LogP contribution in [-0.4, -0.2) is 11.8 Å². The molecule has 0 radical (unpaired) electrons. The summed E-state index contributed by atoms with van der Waals surface area (Å²) < 4.78 is 12.4. The van der Waals surface area contributed by atoms with Crippen LogP contribution in [0, 0.1) is 0 Å². The molecule has 0 saturated heterocycles. The monoisotopic (exact) mass is 205 g/mol. The molecule has 15 heavy (non-hydrogen) atoms. The van der Waals surface area contributed by atoms with Gasteiger partial charge in [0, 0.05) is 0 Å². The van der Waals surface area contributed by atoms with E-state index in [1.807, 2.05) is 12.1 Å². The molecule has 2 aromatic rings. The molecule has 1 atom stereocenters. The van der Waals surface area contributed by atoms with E-state index in [9.17, 15) is 9.50 Å². The molecule has 0 bridgehead atoms. The summed E-state index contributed by atoms with van der Waals surface area (Å²) in [6.07, 6.45) is 0. The van der Waals surface area contributed by atoms with E-state index in [0.29, 0.717) is 0 Å². The average molecular weight is 205 g/mol. The lowest BCUT2D eigenvalue weighted by Crippen LogP contribution is -2.11. The van der Waals surface area contributed by atoms with Crippen LogP contribution in [-0.2, 0) is 0 Å². The van der Waals surface area contributed by atoms with E-state index in [1.165, 1.54) is 0 Å². The minimum Gasteiger partial charge on any atom is -0.508 e. The van der Waals surface area contributed by atoms with Crippen molar-refractivity contribution in [1.82, 2.24) is 0 Å². The van der Waals surface area contributed by atoms with Crippen LogP contribution in [0.5, 0.6) is 5.75 Å². The molecule has 0 saturated carbocycles. The van der Waals surface area contributed by atoms with Gasteiger partial charge in [-0.25, -0.2) is 4.39 Å². The van der Waals surface area contributed by atoms with Crippen LogP contribution >= 0.6 is 0 Å². The number of nitrogens with two attached hydrogens (primary N) is 1. The molecule has 0 heterocycles. The van der Waals surface area contributed by atoms with Crippen LogP contribution < -0.4 is 5.73 Å². The van der Waals surface area contributed by atoms with Gasteiger partial charge < -0.3 is 10.8 Å². The topological polar surface area (TPSA) is 46.2 Å². The van der Waals surface area contributed by atoms with E-state index in [2.05, 4.69) is 0 Å². The molecule has 78 valence electrons. The minimum atomic E-state index is -0.566. The van der Waals surface area contributed by atoms with Gasteiger partial charge in [0.1, 0.15) is 12.4 Å². The fraction of sp³-hybridized carbons (Fsp3) is 0.167. The van der Waals surface area contributed by atoms with Crippen molar-refractivity contribution in [3.8, 4) is 5.75 Å². The summed E-state index contributed by atoms with van der Waals surface area (Å²) in [6, 6.07) is 9.96. The summed E-state index contributed by atoms with van der Waals surface area (Å²) in [7, 11) is 0. The van der Waals surface area contributed by atoms with Crippen molar-refractivity contribution in [2.24, 2.45) is 5.73 Å². The molecular weight excluding hydrogens is 193 g/mol. The molecular formula is C12H12FNO. The Morgan fingerprint density at radius 2 is 1.80 bits per heavy atom. The number of aromatic hydroxyl groups is 1. The first-order chi connectivity index (χ1) is 7.20. The van der Waals surface area contributed by atoms with Gasteiger partial charge in [0.25, 0.3) is 0 Å². The van der Waals surface area contributed by atoms with Crippen molar-refractivity contribution in [3.05, 3.63) is 42.0 Å². The summed E-state index contributed by atoms with van der Waals surface area (Å²) in [6.45, 7) is -0.566. The highest BCUT2D eigenvalue weighted by molar-refractivity contribution is 5.84. The number of phenolic OH excluding ortho intramolecular Hbond substituents is 1. The Kier molecular flexibility index (Phi) is 2.56. The van der Waals surface area contributed by atoms with Crippen LogP contribution in [0.3, 0.4) is 0 Å². The first-order valence-electron chi connectivity index (χ1n) is 4.75. The van der Waals surface area contributed by atoms with Gasteiger partial charge >= 0.3 is 0 Å². The molecule has 2 nitrogen and oxygen atoms in total. The number of hydrogen-bond acceptors (Lipinski definition) is 2. The fourth-order valence-corrected chi connectivity index (χ4v) is 1.57. The molecule has 0 aromatic heterocycles. The van der Waals surface area contributed by atoms with Crippen molar-refractivity contribution >= 4 is 10.8 Å². The molecule has 2 rings (SSSR count). The van der Waals surface area contributed by atoms with Gasteiger partial charge in [0.2, 0.25) is 0 Å². The van der Waals surface area contributed by atoms with E-state index in [0.717, 1.165) is 16.3 Å². The van der Waals surface area contributed by atoms with Gasteiger partial charge in [0.15, 0.2) is 0 Å². The number of alkyl halides is 1. The largest absolute Gasteiger partial charge is 0.508 e. The summed E-state index contributed by atoms with van der Waals surface area (Å²) in [5.74, 6) is 0.227. The predicted molar refractivity (Wildman–Crippen MR) is 58.5 cm³/mol. The molecule has 0 unspecified atom stereocenters. The summed E-state index contributed by atoms with van der Waals surface area (Å²) >= 11 is 0. The zero-order valence-electron chi connectivity index (χ0n) is 8.15. The van der Waals surface area contributed by atoms with Gasteiger partial charge in [-0.1, -0.05) is 18.2 Å². The quantitative estimate of drug-likeness (QED) is 0.791. The SMILES string of the molecule is N[C@@H](CF)c1ccc2cc(O)ccc2c1. The fourth-order valence-electron chi connectivity index (χ4n) is 1.57. The maximum absolute atomic E-state index is 12.4. The van der Waals surface area contributed by atoms with Gasteiger partial charge in [-0.3, -0.25) is 0 Å². The van der Waals surface area contributed by atoms with Gasteiger partial charge in [-0.2, -0.15) is 0 Å². The number of phenols is 1. The highest BCUT2D eigenvalue weighted by Gasteiger charge is 2.05. The second-order valence-electron chi connectivity index (χ2n) is 3.55. The Hall–Kier alpha value is -1.61. The Balaban J connectivity index is 2.52. The molecule has 0 aliphatic heterocycles. The van der Waals surface area contributed by atoms with E-state index < -0.39 is 12.7 Å². The normalized spacial score (nSPS) is 12.9. The lowest BCUT2D eigenvalue weighted by molar-refractivity contribution is 0.437. The van der Waals surface area contributed by atoms with E-state index >= 15 is 0 Å². The van der Waals surface area contributed by atoms with Crippen molar-refractivity contribution in [1.29, 1.82) is 0 Å². The summed E-state index contributed by atoms with van der Waals surface area (Å²) in [5, 5.41) is 11.1. The average Bonchev–Trinajstić information content (AvgIpc) is 2.27. The molecule has 3 heteroatoms. The summed E-state index contributed by atoms with van der Waals surface area (Å²) in [5.41, 5.74) is 6.36. The first-order valence-corrected chi connectivity index (χ1v) is 4.75. The zero-order valence-corrected chi connectivity index (χ0v) is 8.15. The number of halogens is 1. The zero-order chi connectivity index (χ0) is 10.8. The molecule has 0 aliphatic rings. The highest BCUT2D eigenvalue weighted by atomic mass is 19.1. The predicted octanol–water partition coefficient (Wildman–Crippen LogP) is 2.51. The maximum Gasteiger partial charge on any atom is 0.116 e. The van der Waals surface area contributed by atoms with Crippen LogP contribution in [0.1, 0.15) is 11.6 Å². The standard InChI is InChI=1S/C12H12FNO/c13-7-12(14)10-2-1-9-6-11(15)4-3-8(9)5-10/h1-6,12,15H,7,14H2/t12-/m0/s1. The van der Waals surface area contributed by atoms with Crippen LogP contribution in [0.25, 0.3) is 10.8 Å². The third-order valence-electron chi connectivity index (χ3n) is 2.44. The van der Waals surface area contributed by atoms with Crippen molar-refractivity contribution in [2.75, 3.05) is 6.67 Å². The lowest BCUT2D eigenvalue weighted by Gasteiger charge is -2.08. The molecule has 0 fully saturated rings. The van der Waals surface area contributed by atoms with Crippen LogP contribution in [0.15, 0.2) is 36.4 Å². The molecule has 3 N–H and O–H groups in total. The Morgan fingerprint density at radius 1 is 1.13 bits per heavy atom. The highest BCUT2D eigenvalue weighted by Crippen LogP contribution is 2.23. The maximum atomic E-state index is 12.4. The Labute approximate surface area is 87.1 Å². The number of hydrogen-bond donors (Lipinski definition) is 2. The second kappa shape index (κ2) is 3.87. The number of fused-ring (bicyclic) bond motifs is 1.